The highest BCUT2D eigenvalue weighted by atomic mass is 31.2. The second-order valence-electron chi connectivity index (χ2n) is 2.33. The van der Waals surface area contributed by atoms with Crippen molar-refractivity contribution in [2.75, 3.05) is 0 Å². The van der Waals surface area contributed by atoms with E-state index < -0.39 is 7.82 Å². The molecule has 0 aliphatic heterocycles. The summed E-state index contributed by atoms with van der Waals surface area (Å²) in [5.41, 5.74) is 0. The first-order valence-electron chi connectivity index (χ1n) is 3.64. The minimum atomic E-state index is -4.13. The number of benzene rings is 1. The summed E-state index contributed by atoms with van der Waals surface area (Å²) in [5, 5.41) is 8.92. The van der Waals surface area contributed by atoms with Crippen LogP contribution in [-0.2, 0) is 9.09 Å². The molecule has 5 nitrogen and oxygen atoms in total. The normalized spacial score (nSPS) is 14.1. The van der Waals surface area contributed by atoms with Gasteiger partial charge < -0.3 is 14.2 Å². The van der Waals surface area contributed by atoms with Crippen molar-refractivity contribution in [3.8, 4) is 11.5 Å². The van der Waals surface area contributed by atoms with Crippen LogP contribution >= 0.6 is 7.82 Å². The lowest BCUT2D eigenvalue weighted by Gasteiger charge is -2.10. The van der Waals surface area contributed by atoms with Crippen LogP contribution in [-0.4, -0.2) is 10.00 Å². The zero-order valence-corrected chi connectivity index (χ0v) is 8.05. The van der Waals surface area contributed by atoms with Gasteiger partial charge in [0.15, 0.2) is 0 Å². The van der Waals surface area contributed by atoms with E-state index in [1.165, 1.54) is 24.3 Å². The number of phenolic OH excluding ortho intramolecular Hbond substituents is 1. The smallest absolute Gasteiger partial charge is 0.508 e. The highest BCUT2D eigenvalue weighted by Crippen LogP contribution is 2.43. The number of rotatable bonds is 4. The minimum absolute atomic E-state index is 0.0368. The Morgan fingerprint density at radius 2 is 1.93 bits per heavy atom. The quantitative estimate of drug-likeness (QED) is 0.594. The topological polar surface area (TPSA) is 76.0 Å². The lowest BCUT2D eigenvalue weighted by Crippen LogP contribution is -1.92. The van der Waals surface area contributed by atoms with Crippen molar-refractivity contribution in [3.05, 3.63) is 37.1 Å². The van der Waals surface area contributed by atoms with Crippen molar-refractivity contribution in [3.63, 3.8) is 0 Å². The van der Waals surface area contributed by atoms with Crippen molar-refractivity contribution < 1.29 is 23.6 Å². The van der Waals surface area contributed by atoms with Gasteiger partial charge in [0.1, 0.15) is 11.5 Å². The van der Waals surface area contributed by atoms with Crippen molar-refractivity contribution in [1.29, 1.82) is 0 Å². The van der Waals surface area contributed by atoms with E-state index in [0.717, 1.165) is 6.26 Å². The summed E-state index contributed by atoms with van der Waals surface area (Å²) >= 11 is 0. The molecule has 0 spiro atoms. The second-order valence-corrected chi connectivity index (χ2v) is 3.66. The number of phosphoric acid groups is 1. The van der Waals surface area contributed by atoms with Gasteiger partial charge in [-0.3, -0.25) is 4.89 Å². The Labute approximate surface area is 80.8 Å². The highest BCUT2D eigenvalue weighted by molar-refractivity contribution is 7.47. The summed E-state index contributed by atoms with van der Waals surface area (Å²) < 4.78 is 19.9. The van der Waals surface area contributed by atoms with Gasteiger partial charge in [0.05, 0.1) is 6.26 Å². The van der Waals surface area contributed by atoms with E-state index >= 15 is 0 Å². The summed E-state index contributed by atoms with van der Waals surface area (Å²) in [6, 6.07) is 5.32. The molecule has 1 atom stereocenters. The van der Waals surface area contributed by atoms with Gasteiger partial charge in [0.25, 0.3) is 0 Å². The van der Waals surface area contributed by atoms with E-state index in [1.807, 2.05) is 0 Å². The average Bonchev–Trinajstić information content (AvgIpc) is 2.08. The van der Waals surface area contributed by atoms with Gasteiger partial charge in [-0.2, -0.15) is 0 Å². The molecule has 0 aliphatic rings. The monoisotopic (exact) mass is 216 g/mol. The van der Waals surface area contributed by atoms with Crippen LogP contribution in [0.15, 0.2) is 37.1 Å². The van der Waals surface area contributed by atoms with Crippen LogP contribution in [0.4, 0.5) is 0 Å². The molecule has 0 fully saturated rings. The third kappa shape index (κ3) is 3.12. The molecule has 14 heavy (non-hydrogen) atoms. The number of aromatic hydroxyl groups is 1. The number of phosphoric ester groups is 1. The van der Waals surface area contributed by atoms with Gasteiger partial charge in [-0.1, -0.05) is 6.58 Å². The molecule has 0 saturated carbocycles. The third-order valence-electron chi connectivity index (χ3n) is 1.27. The fraction of sp³-hybridized carbons (Fsp3) is 0. The maximum absolute atomic E-state index is 11.0. The highest BCUT2D eigenvalue weighted by Gasteiger charge is 2.22. The predicted molar refractivity (Wildman–Crippen MR) is 49.8 cm³/mol. The van der Waals surface area contributed by atoms with Crippen LogP contribution in [0.3, 0.4) is 0 Å². The predicted octanol–water partition coefficient (Wildman–Crippen LogP) is 2.03. The molecule has 0 radical (unpaired) electrons. The Balaban J connectivity index is 2.73. The van der Waals surface area contributed by atoms with Crippen molar-refractivity contribution in [1.82, 2.24) is 0 Å². The molecule has 0 bridgehead atoms. The molecular formula is C8H9O5P. The van der Waals surface area contributed by atoms with E-state index in [4.69, 9.17) is 10.00 Å². The first kappa shape index (κ1) is 10.6. The summed E-state index contributed by atoms with van der Waals surface area (Å²) in [5.74, 6) is 0.158. The van der Waals surface area contributed by atoms with Crippen molar-refractivity contribution in [2.45, 2.75) is 0 Å². The lowest BCUT2D eigenvalue weighted by molar-refractivity contribution is 0.266. The van der Waals surface area contributed by atoms with Gasteiger partial charge in [0, 0.05) is 0 Å². The van der Waals surface area contributed by atoms with E-state index in [2.05, 4.69) is 15.6 Å². The van der Waals surface area contributed by atoms with Crippen LogP contribution in [0, 0.1) is 0 Å². The number of phenols is 1. The maximum Gasteiger partial charge on any atom is 0.584 e. The molecule has 0 heterocycles. The Hall–Kier alpha value is -1.45. The Bertz CT molecular complexity index is 358. The molecule has 1 aromatic rings. The standard InChI is InChI=1S/C8H9O5P/c1-2-12-14(10,11)13-8-5-3-7(9)4-6-8/h2-6,9H,1H2,(H,10,11). The number of hydrogen-bond donors (Lipinski definition) is 2. The number of hydrogen-bond acceptors (Lipinski definition) is 4. The van der Waals surface area contributed by atoms with Crippen LogP contribution in [0.5, 0.6) is 11.5 Å². The van der Waals surface area contributed by atoms with Gasteiger partial charge in [-0.05, 0) is 24.3 Å². The van der Waals surface area contributed by atoms with Gasteiger partial charge in [-0.15, -0.1) is 0 Å². The van der Waals surface area contributed by atoms with Crippen LogP contribution < -0.4 is 4.52 Å². The van der Waals surface area contributed by atoms with Crippen molar-refractivity contribution >= 4 is 7.82 Å². The van der Waals surface area contributed by atoms with Gasteiger partial charge >= 0.3 is 7.82 Å². The third-order valence-corrected chi connectivity index (χ3v) is 2.12. The van der Waals surface area contributed by atoms with E-state index in [0.29, 0.717) is 0 Å². The zero-order chi connectivity index (χ0) is 10.6. The second kappa shape index (κ2) is 4.17. The van der Waals surface area contributed by atoms with E-state index in [1.54, 1.807) is 0 Å². The molecule has 1 unspecified atom stereocenters. The Kier molecular flexibility index (Phi) is 3.17. The SMILES string of the molecule is C=COP(=O)(O)Oc1ccc(O)cc1. The fourth-order valence-electron chi connectivity index (χ4n) is 0.756. The Morgan fingerprint density at radius 3 is 2.43 bits per heavy atom. The van der Waals surface area contributed by atoms with Crippen LogP contribution in [0.1, 0.15) is 0 Å². The Morgan fingerprint density at radius 1 is 1.36 bits per heavy atom. The van der Waals surface area contributed by atoms with Crippen molar-refractivity contribution in [2.24, 2.45) is 0 Å². The first-order chi connectivity index (χ1) is 6.53. The summed E-state index contributed by atoms with van der Waals surface area (Å²) in [6.07, 6.45) is 0.821. The summed E-state index contributed by atoms with van der Waals surface area (Å²) in [7, 11) is -4.13. The summed E-state index contributed by atoms with van der Waals surface area (Å²) in [4.78, 5) is 9.01. The average molecular weight is 216 g/mol. The largest absolute Gasteiger partial charge is 0.584 e. The molecule has 1 rings (SSSR count). The maximum atomic E-state index is 11.0. The lowest BCUT2D eigenvalue weighted by atomic mass is 10.3. The molecule has 6 heteroatoms. The molecular weight excluding hydrogens is 207 g/mol. The summed E-state index contributed by atoms with van der Waals surface area (Å²) in [6.45, 7) is 3.13. The molecule has 0 amide bonds. The molecule has 76 valence electrons. The first-order valence-corrected chi connectivity index (χ1v) is 5.14. The van der Waals surface area contributed by atoms with Crippen LogP contribution in [0.25, 0.3) is 0 Å². The minimum Gasteiger partial charge on any atom is -0.508 e. The van der Waals surface area contributed by atoms with Gasteiger partial charge in [-0.25, -0.2) is 4.57 Å². The molecule has 2 N–H and O–H groups in total. The molecule has 0 aromatic heterocycles. The van der Waals surface area contributed by atoms with E-state index in [9.17, 15) is 4.57 Å². The fourth-order valence-corrected chi connectivity index (χ4v) is 1.38. The molecule has 1 aromatic carbocycles. The molecule has 0 aliphatic carbocycles. The molecule has 0 saturated heterocycles. The zero-order valence-electron chi connectivity index (χ0n) is 7.16. The van der Waals surface area contributed by atoms with Crippen LogP contribution in [0.2, 0.25) is 0 Å². The van der Waals surface area contributed by atoms with E-state index in [-0.39, 0.29) is 11.5 Å². The van der Waals surface area contributed by atoms with Gasteiger partial charge in [0.2, 0.25) is 0 Å².